The van der Waals surface area contributed by atoms with Gasteiger partial charge in [0.15, 0.2) is 17.5 Å². The van der Waals surface area contributed by atoms with Crippen LogP contribution < -0.4 is 0 Å². The highest BCUT2D eigenvalue weighted by molar-refractivity contribution is 5.98. The van der Waals surface area contributed by atoms with Crippen LogP contribution in [0.15, 0.2) is 142 Å². The molecule has 3 aromatic heterocycles. The topological polar surface area (TPSA) is 65.0 Å². The number of hydrogen-bond donors (Lipinski definition) is 0. The Labute approximate surface area is 307 Å². The number of allylic oxidation sites excluding steroid dienone is 7. The zero-order valence-corrected chi connectivity index (χ0v) is 29.3. The number of hydrogen-bond acceptors (Lipinski definition) is 5. The number of rotatable bonds is 4. The van der Waals surface area contributed by atoms with Gasteiger partial charge in [-0.1, -0.05) is 134 Å². The van der Waals surface area contributed by atoms with Crippen LogP contribution in [0.5, 0.6) is 0 Å². The molecule has 53 heavy (non-hydrogen) atoms. The summed E-state index contributed by atoms with van der Waals surface area (Å²) in [6.45, 7) is 2.24. The molecule has 0 spiro atoms. The van der Waals surface area contributed by atoms with Crippen LogP contribution in [0.3, 0.4) is 0 Å². The Kier molecular flexibility index (Phi) is 6.78. The van der Waals surface area contributed by atoms with E-state index in [4.69, 9.17) is 23.8 Å². The Morgan fingerprint density at radius 2 is 1.40 bits per heavy atom. The largest absolute Gasteiger partial charge is 0.460 e. The second kappa shape index (κ2) is 11.9. The highest BCUT2D eigenvalue weighted by Crippen LogP contribution is 2.47. The first kappa shape index (κ1) is 30.3. The molecule has 0 N–H and O–H groups in total. The lowest BCUT2D eigenvalue weighted by atomic mass is 9.77. The van der Waals surface area contributed by atoms with Gasteiger partial charge in [-0.2, -0.15) is 0 Å². The third kappa shape index (κ3) is 4.95. The Morgan fingerprint density at radius 1 is 0.623 bits per heavy atom. The first-order valence-electron chi connectivity index (χ1n) is 18.6. The molecule has 5 nitrogen and oxygen atoms in total. The first-order valence-corrected chi connectivity index (χ1v) is 18.6. The van der Waals surface area contributed by atoms with Crippen LogP contribution in [-0.4, -0.2) is 15.0 Å². The van der Waals surface area contributed by atoms with Crippen LogP contribution in [0.1, 0.15) is 76.2 Å². The van der Waals surface area contributed by atoms with E-state index >= 15 is 0 Å². The molecule has 4 aliphatic carbocycles. The fraction of sp³-hybridized carbons (Fsp3) is 0.146. The van der Waals surface area contributed by atoms with Gasteiger partial charge in [-0.15, -0.1) is 0 Å². The van der Waals surface area contributed by atoms with Crippen molar-refractivity contribution in [2.45, 2.75) is 38.0 Å². The Bertz CT molecular complexity index is 2790. The van der Waals surface area contributed by atoms with Gasteiger partial charge in [-0.05, 0) is 52.3 Å². The van der Waals surface area contributed by atoms with Gasteiger partial charge in [0.05, 0.1) is 0 Å². The van der Waals surface area contributed by atoms with Gasteiger partial charge in [0.1, 0.15) is 22.7 Å². The molecule has 4 aliphatic rings. The van der Waals surface area contributed by atoms with Crippen molar-refractivity contribution in [3.05, 3.63) is 184 Å². The average Bonchev–Trinajstić information content (AvgIpc) is 3.78. The minimum atomic E-state index is 0.0153. The smallest absolute Gasteiger partial charge is 0.164 e. The fourth-order valence-electron chi connectivity index (χ4n) is 8.84. The Morgan fingerprint density at radius 3 is 2.34 bits per heavy atom. The van der Waals surface area contributed by atoms with Crippen LogP contribution >= 0.6 is 0 Å². The van der Waals surface area contributed by atoms with Crippen molar-refractivity contribution in [2.75, 3.05) is 0 Å². The van der Waals surface area contributed by atoms with Crippen molar-refractivity contribution in [3.8, 4) is 11.4 Å². The second-order valence-electron chi connectivity index (χ2n) is 14.7. The van der Waals surface area contributed by atoms with E-state index in [2.05, 4.69) is 122 Å². The highest BCUT2D eigenvalue weighted by atomic mass is 16.3. The lowest BCUT2D eigenvalue weighted by Gasteiger charge is -2.28. The number of furan rings is 2. The lowest BCUT2D eigenvalue weighted by Crippen LogP contribution is -2.14. The zero-order chi connectivity index (χ0) is 35.0. The molecule has 254 valence electrons. The monoisotopic (exact) mass is 685 g/mol. The summed E-state index contributed by atoms with van der Waals surface area (Å²) in [5.74, 6) is 4.75. The number of aromatic nitrogens is 3. The zero-order valence-electron chi connectivity index (χ0n) is 29.3. The van der Waals surface area contributed by atoms with Crippen molar-refractivity contribution in [2.24, 2.45) is 5.92 Å². The minimum absolute atomic E-state index is 0.0153. The molecule has 11 rings (SSSR count). The van der Waals surface area contributed by atoms with E-state index in [9.17, 15) is 0 Å². The maximum atomic E-state index is 6.69. The number of fused-ring (bicyclic) bond motifs is 9. The molecule has 0 radical (unpaired) electrons. The van der Waals surface area contributed by atoms with Gasteiger partial charge in [0.25, 0.3) is 0 Å². The molecule has 3 unspecified atom stereocenters. The molecule has 0 saturated heterocycles. The molecule has 0 bridgehead atoms. The molecule has 5 heteroatoms. The van der Waals surface area contributed by atoms with Crippen molar-refractivity contribution in [3.63, 3.8) is 0 Å². The summed E-state index contributed by atoms with van der Waals surface area (Å²) in [6.07, 6.45) is 18.3. The maximum absolute atomic E-state index is 6.69. The summed E-state index contributed by atoms with van der Waals surface area (Å²) >= 11 is 0. The predicted octanol–water partition coefficient (Wildman–Crippen LogP) is 11.5. The fourth-order valence-corrected chi connectivity index (χ4v) is 8.84. The van der Waals surface area contributed by atoms with Gasteiger partial charge in [-0.25, -0.2) is 15.0 Å². The van der Waals surface area contributed by atoms with Crippen LogP contribution in [0.4, 0.5) is 0 Å². The van der Waals surface area contributed by atoms with E-state index in [-0.39, 0.29) is 11.8 Å². The normalized spacial score (nSPS) is 19.9. The molecule has 0 saturated carbocycles. The number of nitrogens with zero attached hydrogens (tertiary/aromatic N) is 3. The van der Waals surface area contributed by atoms with E-state index < -0.39 is 0 Å². The van der Waals surface area contributed by atoms with E-state index in [1.165, 1.54) is 33.2 Å². The van der Waals surface area contributed by atoms with Gasteiger partial charge in [0, 0.05) is 57.7 Å². The van der Waals surface area contributed by atoms with Gasteiger partial charge in [-0.3, -0.25) is 0 Å². The van der Waals surface area contributed by atoms with Crippen molar-refractivity contribution in [1.29, 1.82) is 0 Å². The third-order valence-electron chi connectivity index (χ3n) is 11.4. The van der Waals surface area contributed by atoms with Crippen molar-refractivity contribution < 1.29 is 8.83 Å². The Balaban J connectivity index is 1.11. The predicted molar refractivity (Wildman–Crippen MR) is 212 cm³/mol. The van der Waals surface area contributed by atoms with E-state index in [1.807, 2.05) is 24.3 Å². The molecular weight excluding hydrogens is 651 g/mol. The summed E-state index contributed by atoms with van der Waals surface area (Å²) in [5.41, 5.74) is 12.3. The molecule has 3 atom stereocenters. The lowest BCUT2D eigenvalue weighted by molar-refractivity contribution is 0.513. The molecule has 4 aromatic carbocycles. The highest BCUT2D eigenvalue weighted by Gasteiger charge is 2.33. The molecule has 0 amide bonds. The van der Waals surface area contributed by atoms with Gasteiger partial charge < -0.3 is 8.83 Å². The van der Waals surface area contributed by atoms with Crippen LogP contribution in [-0.2, 0) is 12.8 Å². The maximum Gasteiger partial charge on any atom is 0.164 e. The summed E-state index contributed by atoms with van der Waals surface area (Å²) in [6, 6.07) is 33.7. The quantitative estimate of drug-likeness (QED) is 0.184. The average molecular weight is 686 g/mol. The molecule has 3 heterocycles. The summed E-state index contributed by atoms with van der Waals surface area (Å²) in [5, 5.41) is 2.25. The summed E-state index contributed by atoms with van der Waals surface area (Å²) < 4.78 is 13.2. The van der Waals surface area contributed by atoms with E-state index in [0.29, 0.717) is 23.4 Å². The van der Waals surface area contributed by atoms with E-state index in [1.54, 1.807) is 0 Å². The third-order valence-corrected chi connectivity index (χ3v) is 11.4. The Hall–Kier alpha value is -6.33. The minimum Gasteiger partial charge on any atom is -0.460 e. The molecule has 0 aliphatic heterocycles. The second-order valence-corrected chi connectivity index (χ2v) is 14.7. The number of para-hydroxylation sites is 1. The van der Waals surface area contributed by atoms with Gasteiger partial charge >= 0.3 is 0 Å². The summed E-state index contributed by atoms with van der Waals surface area (Å²) in [7, 11) is 0. The molecule has 0 fully saturated rings. The van der Waals surface area contributed by atoms with E-state index in [0.717, 1.165) is 69.6 Å². The SMILES string of the molecule is CC1C=Cc2c(oc3cccc(C4C=C(c5nc(C6=CC=C7C=Cc8ccccc8C7C6)nc(-c6ccccc6)n5)c5c(oc6ccccc56)C4)c23)C1. The standard InChI is InChI=1S/C48H35N3O2/c1-28-18-23-37-42(24-28)53-41-17-9-15-35(44(37)41)33-26-39(45-36-14-7-8-16-40(36)52-43(45)27-33)48-50-46(31-11-3-2-4-12-31)49-47(51-48)32-22-21-30-20-19-29-10-5-6-13-34(29)38(30)25-32/h2-23,26,28,33,38H,24-25,27H2,1H3. The number of benzene rings is 4. The summed E-state index contributed by atoms with van der Waals surface area (Å²) in [4.78, 5) is 15.8. The first-order chi connectivity index (χ1) is 26.1. The van der Waals surface area contributed by atoms with Gasteiger partial charge in [0.2, 0.25) is 0 Å². The molecule has 7 aromatic rings. The van der Waals surface area contributed by atoms with Crippen LogP contribution in [0.25, 0.3) is 56.6 Å². The van der Waals surface area contributed by atoms with Crippen molar-refractivity contribution in [1.82, 2.24) is 15.0 Å². The molecular formula is C48H35N3O2. The van der Waals surface area contributed by atoms with Crippen LogP contribution in [0, 0.1) is 5.92 Å². The van der Waals surface area contributed by atoms with Crippen molar-refractivity contribution >= 4 is 45.2 Å². The van der Waals surface area contributed by atoms with Crippen LogP contribution in [0.2, 0.25) is 0 Å².